The van der Waals surface area contributed by atoms with E-state index in [-0.39, 0.29) is 5.75 Å². The van der Waals surface area contributed by atoms with E-state index in [4.69, 9.17) is 5.73 Å². The maximum atomic E-state index is 12.1. The number of carbonyl (C=O) groups is 1. The quantitative estimate of drug-likeness (QED) is 0.879. The molecule has 0 saturated heterocycles. The second kappa shape index (κ2) is 6.34. The molecule has 0 atom stereocenters. The Morgan fingerprint density at radius 3 is 2.00 bits per heavy atom. The number of alkyl halides is 3. The van der Waals surface area contributed by atoms with Gasteiger partial charge in [0.15, 0.2) is 0 Å². The van der Waals surface area contributed by atoms with E-state index in [9.17, 15) is 18.0 Å². The third-order valence-electron chi connectivity index (χ3n) is 2.77. The first kappa shape index (κ1) is 15.6. The highest BCUT2D eigenvalue weighted by Gasteiger charge is 2.30. The van der Waals surface area contributed by atoms with Gasteiger partial charge in [-0.1, -0.05) is 42.5 Å². The van der Waals surface area contributed by atoms with Gasteiger partial charge in [-0.15, -0.1) is 13.2 Å². The summed E-state index contributed by atoms with van der Waals surface area (Å²) in [4.78, 5) is 11.2. The van der Waals surface area contributed by atoms with Crippen LogP contribution in [0.15, 0.2) is 60.7 Å². The maximum Gasteiger partial charge on any atom is 0.573 e. The molecule has 0 aliphatic heterocycles. The minimum atomic E-state index is -4.74. The Morgan fingerprint density at radius 2 is 1.50 bits per heavy atom. The first-order chi connectivity index (χ1) is 10.3. The normalized spacial score (nSPS) is 12.0. The van der Waals surface area contributed by atoms with Crippen LogP contribution in [0.25, 0.3) is 5.57 Å². The SMILES string of the molecule is NC(=O)/C=C(\c1ccccc1)c1ccc(OC(F)(F)F)cc1. The van der Waals surface area contributed by atoms with Crippen LogP contribution in [0.3, 0.4) is 0 Å². The number of ether oxygens (including phenoxy) is 1. The van der Waals surface area contributed by atoms with Crippen LogP contribution >= 0.6 is 0 Å². The van der Waals surface area contributed by atoms with Crippen LogP contribution in [0.2, 0.25) is 0 Å². The van der Waals surface area contributed by atoms with E-state index in [1.165, 1.54) is 30.3 Å². The van der Waals surface area contributed by atoms with Crippen LogP contribution in [0.5, 0.6) is 5.75 Å². The number of hydrogen-bond acceptors (Lipinski definition) is 2. The highest BCUT2D eigenvalue weighted by Crippen LogP contribution is 2.27. The molecule has 2 rings (SSSR count). The second-order valence-electron chi connectivity index (χ2n) is 4.40. The molecule has 6 heteroatoms. The summed E-state index contributed by atoms with van der Waals surface area (Å²) in [5.74, 6) is -0.975. The molecule has 0 aliphatic carbocycles. The average molecular weight is 307 g/mol. The largest absolute Gasteiger partial charge is 0.573 e. The van der Waals surface area contributed by atoms with Gasteiger partial charge in [-0.3, -0.25) is 4.79 Å². The van der Waals surface area contributed by atoms with Crippen molar-refractivity contribution in [3.8, 4) is 5.75 Å². The van der Waals surface area contributed by atoms with Crippen LogP contribution in [0.4, 0.5) is 13.2 Å². The van der Waals surface area contributed by atoms with E-state index < -0.39 is 12.3 Å². The van der Waals surface area contributed by atoms with E-state index in [1.54, 1.807) is 24.3 Å². The van der Waals surface area contributed by atoms with Gasteiger partial charge in [-0.2, -0.15) is 0 Å². The molecule has 2 aromatic rings. The number of primary amides is 1. The van der Waals surface area contributed by atoms with Gasteiger partial charge in [-0.25, -0.2) is 0 Å². The fourth-order valence-corrected chi connectivity index (χ4v) is 1.93. The lowest BCUT2D eigenvalue weighted by molar-refractivity contribution is -0.274. The fourth-order valence-electron chi connectivity index (χ4n) is 1.93. The van der Waals surface area contributed by atoms with Crippen molar-refractivity contribution in [2.75, 3.05) is 0 Å². The minimum absolute atomic E-state index is 0.331. The molecular formula is C16H12F3NO2. The minimum Gasteiger partial charge on any atom is -0.406 e. The molecule has 0 unspecified atom stereocenters. The number of rotatable bonds is 4. The number of halogens is 3. The van der Waals surface area contributed by atoms with Crippen molar-refractivity contribution >= 4 is 11.5 Å². The molecule has 2 aromatic carbocycles. The van der Waals surface area contributed by atoms with Gasteiger partial charge in [0.2, 0.25) is 5.91 Å². The summed E-state index contributed by atoms with van der Waals surface area (Å²) in [5, 5.41) is 0. The number of hydrogen-bond donors (Lipinski definition) is 1. The molecule has 0 bridgehead atoms. The number of nitrogens with two attached hydrogens (primary N) is 1. The van der Waals surface area contributed by atoms with Crippen LogP contribution in [0, 0.1) is 0 Å². The first-order valence-corrected chi connectivity index (χ1v) is 6.28. The lowest BCUT2D eigenvalue weighted by Gasteiger charge is -2.11. The maximum absolute atomic E-state index is 12.1. The molecule has 0 saturated carbocycles. The molecule has 3 nitrogen and oxygen atoms in total. The molecule has 22 heavy (non-hydrogen) atoms. The molecule has 2 N–H and O–H groups in total. The van der Waals surface area contributed by atoms with Gasteiger partial charge in [0, 0.05) is 6.08 Å². The van der Waals surface area contributed by atoms with Crippen molar-refractivity contribution in [2.45, 2.75) is 6.36 Å². The van der Waals surface area contributed by atoms with Gasteiger partial charge >= 0.3 is 6.36 Å². The van der Waals surface area contributed by atoms with Crippen LogP contribution in [-0.4, -0.2) is 12.3 Å². The smallest absolute Gasteiger partial charge is 0.406 e. The lowest BCUT2D eigenvalue weighted by atomic mass is 9.97. The Hall–Kier alpha value is -2.76. The summed E-state index contributed by atoms with van der Waals surface area (Å²) in [5.41, 5.74) is 7.00. The number of benzene rings is 2. The molecule has 0 radical (unpaired) electrons. The van der Waals surface area contributed by atoms with Crippen molar-refractivity contribution in [3.63, 3.8) is 0 Å². The summed E-state index contributed by atoms with van der Waals surface area (Å²) < 4.78 is 40.2. The topological polar surface area (TPSA) is 52.3 Å². The Balaban J connectivity index is 2.36. The Morgan fingerprint density at radius 1 is 0.955 bits per heavy atom. The molecule has 1 amide bonds. The highest BCUT2D eigenvalue weighted by atomic mass is 19.4. The van der Waals surface area contributed by atoms with Gasteiger partial charge in [0.25, 0.3) is 0 Å². The van der Waals surface area contributed by atoms with E-state index in [0.29, 0.717) is 11.1 Å². The van der Waals surface area contributed by atoms with Crippen molar-refractivity contribution in [3.05, 3.63) is 71.8 Å². The van der Waals surface area contributed by atoms with Crippen molar-refractivity contribution in [1.29, 1.82) is 0 Å². The molecule has 0 fully saturated rings. The van der Waals surface area contributed by atoms with Crippen LogP contribution in [-0.2, 0) is 4.79 Å². The highest BCUT2D eigenvalue weighted by molar-refractivity contribution is 5.98. The molecule has 0 spiro atoms. The second-order valence-corrected chi connectivity index (χ2v) is 4.40. The van der Waals surface area contributed by atoms with E-state index >= 15 is 0 Å². The third-order valence-corrected chi connectivity index (χ3v) is 2.77. The zero-order valence-electron chi connectivity index (χ0n) is 11.3. The number of carbonyl (C=O) groups excluding carboxylic acids is 1. The summed E-state index contributed by atoms with van der Waals surface area (Å²) in [6.45, 7) is 0. The van der Waals surface area contributed by atoms with Gasteiger partial charge in [0.05, 0.1) is 0 Å². The molecule has 114 valence electrons. The summed E-state index contributed by atoms with van der Waals surface area (Å²) >= 11 is 0. The molecule has 0 aromatic heterocycles. The fraction of sp³-hybridized carbons (Fsp3) is 0.0625. The zero-order chi connectivity index (χ0) is 16.2. The summed E-state index contributed by atoms with van der Waals surface area (Å²) in [6, 6.07) is 14.2. The monoisotopic (exact) mass is 307 g/mol. The Kier molecular flexibility index (Phi) is 4.50. The predicted molar refractivity (Wildman–Crippen MR) is 75.8 cm³/mol. The van der Waals surface area contributed by atoms with E-state index in [2.05, 4.69) is 4.74 Å². The summed E-state index contributed by atoms with van der Waals surface area (Å²) in [6.07, 6.45) is -3.51. The first-order valence-electron chi connectivity index (χ1n) is 6.28. The molecular weight excluding hydrogens is 295 g/mol. The van der Waals surface area contributed by atoms with Crippen molar-refractivity contribution in [1.82, 2.24) is 0 Å². The van der Waals surface area contributed by atoms with Crippen LogP contribution in [0.1, 0.15) is 11.1 Å². The van der Waals surface area contributed by atoms with E-state index in [0.717, 1.165) is 5.56 Å². The molecule has 0 aliphatic rings. The van der Waals surface area contributed by atoms with Gasteiger partial charge in [0.1, 0.15) is 5.75 Å². The van der Waals surface area contributed by atoms with E-state index in [1.807, 2.05) is 6.07 Å². The molecule has 0 heterocycles. The third kappa shape index (κ3) is 4.37. The lowest BCUT2D eigenvalue weighted by Crippen LogP contribution is -2.17. The zero-order valence-corrected chi connectivity index (χ0v) is 11.3. The van der Waals surface area contributed by atoms with Crippen molar-refractivity contribution < 1.29 is 22.7 Å². The average Bonchev–Trinajstić information content (AvgIpc) is 2.45. The van der Waals surface area contributed by atoms with Crippen LogP contribution < -0.4 is 10.5 Å². The standard InChI is InChI=1S/C16H12F3NO2/c17-16(18,19)22-13-8-6-12(7-9-13)14(10-15(20)21)11-4-2-1-3-5-11/h1-10H,(H2,20,21)/b14-10+. The Bertz CT molecular complexity index is 677. The predicted octanol–water partition coefficient (Wildman–Crippen LogP) is 3.50. The Labute approximate surface area is 124 Å². The van der Waals surface area contributed by atoms with Gasteiger partial charge in [-0.05, 0) is 28.8 Å². The van der Waals surface area contributed by atoms with Crippen molar-refractivity contribution in [2.24, 2.45) is 5.73 Å². The number of amides is 1. The van der Waals surface area contributed by atoms with Gasteiger partial charge < -0.3 is 10.5 Å². The summed E-state index contributed by atoms with van der Waals surface area (Å²) in [7, 11) is 0.